The summed E-state index contributed by atoms with van der Waals surface area (Å²) in [5.41, 5.74) is -0.0825. The Balaban J connectivity index is 2.17. The molecular formula is C15H10N2O6. The van der Waals surface area contributed by atoms with Crippen molar-refractivity contribution in [3.8, 4) is 5.75 Å². The summed E-state index contributed by atoms with van der Waals surface area (Å²) in [5.74, 6) is -2.13. The summed E-state index contributed by atoms with van der Waals surface area (Å²) in [6, 6.07) is 4.68. The van der Waals surface area contributed by atoms with Gasteiger partial charge in [-0.05, 0) is 12.1 Å². The quantitative estimate of drug-likeness (QED) is 0.618. The Morgan fingerprint density at radius 1 is 1.26 bits per heavy atom. The van der Waals surface area contributed by atoms with Gasteiger partial charge in [0.25, 0.3) is 0 Å². The van der Waals surface area contributed by atoms with Gasteiger partial charge in [0.2, 0.25) is 5.43 Å². The molecule has 2 aromatic heterocycles. The fraction of sp³-hybridized carbons (Fsp3) is 0.0667. The Labute approximate surface area is 128 Å². The zero-order valence-electron chi connectivity index (χ0n) is 11.6. The van der Waals surface area contributed by atoms with Crippen LogP contribution in [0.15, 0.2) is 35.4 Å². The highest BCUT2D eigenvalue weighted by molar-refractivity contribution is 6.04. The van der Waals surface area contributed by atoms with E-state index in [1.165, 1.54) is 12.3 Å². The standard InChI is InChI=1S/C15H10N2O6/c18-11(19)6-23-8-3-7-1-2-9-13(12(7)16-4-8)17-5-10(14(9)20)15(21)22/h1-5H,6H2,(H,17,20)(H,18,19)(H,21,22). The zero-order chi connectivity index (χ0) is 16.6. The van der Waals surface area contributed by atoms with Crippen molar-refractivity contribution in [2.45, 2.75) is 0 Å². The second kappa shape index (κ2) is 5.41. The van der Waals surface area contributed by atoms with Crippen molar-refractivity contribution in [2.24, 2.45) is 0 Å². The number of hydrogen-bond donors (Lipinski definition) is 3. The van der Waals surface area contributed by atoms with Gasteiger partial charge in [-0.2, -0.15) is 0 Å². The summed E-state index contributed by atoms with van der Waals surface area (Å²) in [6.45, 7) is -0.487. The van der Waals surface area contributed by atoms with Crippen LogP contribution in [0.4, 0.5) is 0 Å². The van der Waals surface area contributed by atoms with E-state index in [1.807, 2.05) is 0 Å². The maximum atomic E-state index is 12.1. The monoisotopic (exact) mass is 314 g/mol. The number of nitrogens with one attached hydrogen (secondary N) is 1. The van der Waals surface area contributed by atoms with Crippen molar-refractivity contribution in [3.63, 3.8) is 0 Å². The van der Waals surface area contributed by atoms with E-state index in [-0.39, 0.29) is 16.7 Å². The molecule has 8 nitrogen and oxygen atoms in total. The van der Waals surface area contributed by atoms with Crippen molar-refractivity contribution in [3.05, 3.63) is 46.4 Å². The third kappa shape index (κ3) is 2.57. The van der Waals surface area contributed by atoms with Gasteiger partial charge in [-0.15, -0.1) is 0 Å². The molecule has 3 N–H and O–H groups in total. The van der Waals surface area contributed by atoms with Crippen molar-refractivity contribution >= 4 is 33.7 Å². The number of rotatable bonds is 4. The van der Waals surface area contributed by atoms with Crippen LogP contribution in [-0.4, -0.2) is 38.7 Å². The minimum absolute atomic E-state index is 0.212. The number of aromatic nitrogens is 2. The molecule has 0 radical (unpaired) electrons. The lowest BCUT2D eigenvalue weighted by Crippen LogP contribution is -2.15. The van der Waals surface area contributed by atoms with Gasteiger partial charge in [0.1, 0.15) is 11.3 Å². The largest absolute Gasteiger partial charge is 0.480 e. The number of nitrogens with zero attached hydrogens (tertiary/aromatic N) is 1. The van der Waals surface area contributed by atoms with Gasteiger partial charge in [0.15, 0.2) is 6.61 Å². The smallest absolute Gasteiger partial charge is 0.341 e. The first-order chi connectivity index (χ1) is 11.0. The van der Waals surface area contributed by atoms with Crippen LogP contribution in [-0.2, 0) is 4.79 Å². The van der Waals surface area contributed by atoms with Crippen LogP contribution in [0.25, 0.3) is 21.8 Å². The SMILES string of the molecule is O=C(O)COc1cnc2c(ccc3c(=O)c(C(=O)O)c[nH]c32)c1. The number of benzene rings is 1. The summed E-state index contributed by atoms with van der Waals surface area (Å²) in [4.78, 5) is 40.6. The number of ether oxygens (including phenoxy) is 1. The molecule has 23 heavy (non-hydrogen) atoms. The van der Waals surface area contributed by atoms with Crippen LogP contribution in [0, 0.1) is 0 Å². The van der Waals surface area contributed by atoms with Gasteiger partial charge in [0.05, 0.1) is 17.2 Å². The molecule has 0 aliphatic heterocycles. The molecule has 8 heteroatoms. The van der Waals surface area contributed by atoms with E-state index in [9.17, 15) is 14.4 Å². The van der Waals surface area contributed by atoms with Crippen LogP contribution in [0.1, 0.15) is 10.4 Å². The van der Waals surface area contributed by atoms with Gasteiger partial charge in [-0.1, -0.05) is 6.07 Å². The van der Waals surface area contributed by atoms with E-state index in [0.717, 1.165) is 6.20 Å². The van der Waals surface area contributed by atoms with Gasteiger partial charge in [-0.25, -0.2) is 9.59 Å². The lowest BCUT2D eigenvalue weighted by Gasteiger charge is -2.07. The summed E-state index contributed by atoms with van der Waals surface area (Å²) in [7, 11) is 0. The van der Waals surface area contributed by atoms with Crippen molar-refractivity contribution in [1.29, 1.82) is 0 Å². The third-order valence-corrected chi connectivity index (χ3v) is 3.27. The van der Waals surface area contributed by atoms with Crippen LogP contribution in [0.3, 0.4) is 0 Å². The fourth-order valence-corrected chi connectivity index (χ4v) is 2.25. The average molecular weight is 314 g/mol. The maximum Gasteiger partial charge on any atom is 0.341 e. The van der Waals surface area contributed by atoms with Crippen molar-refractivity contribution in [2.75, 3.05) is 6.61 Å². The Hall–Kier alpha value is -3.42. The van der Waals surface area contributed by atoms with Crippen LogP contribution < -0.4 is 10.2 Å². The van der Waals surface area contributed by atoms with E-state index in [4.69, 9.17) is 14.9 Å². The predicted molar refractivity (Wildman–Crippen MR) is 80.0 cm³/mol. The molecule has 0 bridgehead atoms. The molecule has 1 aromatic carbocycles. The molecule has 0 fully saturated rings. The van der Waals surface area contributed by atoms with E-state index < -0.39 is 24.0 Å². The Morgan fingerprint density at radius 2 is 2.04 bits per heavy atom. The van der Waals surface area contributed by atoms with Gasteiger partial charge in [-0.3, -0.25) is 9.78 Å². The van der Waals surface area contributed by atoms with Gasteiger partial charge < -0.3 is 19.9 Å². The van der Waals surface area contributed by atoms with Gasteiger partial charge in [0, 0.05) is 17.0 Å². The molecule has 0 saturated carbocycles. The number of carboxylic acids is 2. The van der Waals surface area contributed by atoms with Gasteiger partial charge >= 0.3 is 11.9 Å². The number of carbonyl (C=O) groups is 2. The number of hydrogen-bond acceptors (Lipinski definition) is 5. The first kappa shape index (κ1) is 14.5. The van der Waals surface area contributed by atoms with Crippen LogP contribution in [0.5, 0.6) is 5.75 Å². The molecule has 0 atom stereocenters. The lowest BCUT2D eigenvalue weighted by atomic mass is 10.1. The number of pyridine rings is 2. The molecule has 0 unspecified atom stereocenters. The zero-order valence-corrected chi connectivity index (χ0v) is 11.6. The summed E-state index contributed by atoms with van der Waals surface area (Å²) < 4.78 is 5.05. The topological polar surface area (TPSA) is 130 Å². The molecule has 3 aromatic rings. The summed E-state index contributed by atoms with van der Waals surface area (Å²) in [5, 5.41) is 18.4. The third-order valence-electron chi connectivity index (χ3n) is 3.27. The van der Waals surface area contributed by atoms with E-state index >= 15 is 0 Å². The minimum Gasteiger partial charge on any atom is -0.480 e. The molecule has 3 rings (SSSR count). The Kier molecular flexibility index (Phi) is 3.41. The number of H-pyrrole nitrogens is 1. The van der Waals surface area contributed by atoms with Crippen LogP contribution >= 0.6 is 0 Å². The van der Waals surface area contributed by atoms with Crippen molar-refractivity contribution in [1.82, 2.24) is 9.97 Å². The first-order valence-corrected chi connectivity index (χ1v) is 6.49. The van der Waals surface area contributed by atoms with E-state index in [2.05, 4.69) is 9.97 Å². The molecule has 116 valence electrons. The Bertz CT molecular complexity index is 1010. The number of fused-ring (bicyclic) bond motifs is 3. The average Bonchev–Trinajstić information content (AvgIpc) is 2.52. The molecule has 0 aliphatic carbocycles. The fourth-order valence-electron chi connectivity index (χ4n) is 2.25. The Morgan fingerprint density at radius 3 is 2.74 bits per heavy atom. The van der Waals surface area contributed by atoms with Crippen molar-refractivity contribution < 1.29 is 24.5 Å². The second-order valence-corrected chi connectivity index (χ2v) is 4.75. The number of aliphatic carboxylic acids is 1. The van der Waals surface area contributed by atoms with Crippen LogP contribution in [0.2, 0.25) is 0 Å². The first-order valence-electron chi connectivity index (χ1n) is 6.49. The number of aromatic carboxylic acids is 1. The molecule has 0 spiro atoms. The minimum atomic E-state index is -1.31. The van der Waals surface area contributed by atoms with E-state index in [0.29, 0.717) is 16.4 Å². The highest BCUT2D eigenvalue weighted by Gasteiger charge is 2.13. The molecule has 0 saturated heterocycles. The predicted octanol–water partition coefficient (Wildman–Crippen LogP) is 1.24. The lowest BCUT2D eigenvalue weighted by molar-refractivity contribution is -0.139. The number of aromatic amines is 1. The highest BCUT2D eigenvalue weighted by atomic mass is 16.5. The van der Waals surface area contributed by atoms with E-state index in [1.54, 1.807) is 12.1 Å². The normalized spacial score (nSPS) is 10.8. The molecule has 0 amide bonds. The number of carboxylic acid groups (broad SMARTS) is 2. The summed E-state index contributed by atoms with van der Waals surface area (Å²) in [6.07, 6.45) is 2.47. The maximum absolute atomic E-state index is 12.1. The molecule has 2 heterocycles. The molecule has 0 aliphatic rings. The summed E-state index contributed by atoms with van der Waals surface area (Å²) >= 11 is 0. The molecular weight excluding hydrogens is 304 g/mol. The second-order valence-electron chi connectivity index (χ2n) is 4.75. The highest BCUT2D eigenvalue weighted by Crippen LogP contribution is 2.23.